The van der Waals surface area contributed by atoms with Gasteiger partial charge in [-0.3, -0.25) is 4.79 Å². The first kappa shape index (κ1) is 17.3. The van der Waals surface area contributed by atoms with Gasteiger partial charge in [-0.15, -0.1) is 0 Å². The third-order valence-corrected chi connectivity index (χ3v) is 3.85. The third-order valence-electron chi connectivity index (χ3n) is 3.22. The lowest BCUT2D eigenvalue weighted by atomic mass is 10.2. The molecule has 0 aliphatic heterocycles. The second-order valence-corrected chi connectivity index (χ2v) is 5.76. The van der Waals surface area contributed by atoms with Gasteiger partial charge in [-0.1, -0.05) is 47.5 Å². The highest BCUT2D eigenvalue weighted by Gasteiger charge is 2.22. The van der Waals surface area contributed by atoms with Crippen LogP contribution < -0.4 is 5.32 Å². The number of carbonyl (C=O) groups excluding carboxylic acids is 2. The molecule has 2 rings (SSSR count). The topological polar surface area (TPSA) is 55.4 Å². The number of hydrogen-bond donors (Lipinski definition) is 1. The van der Waals surface area contributed by atoms with Gasteiger partial charge in [-0.05, 0) is 37.6 Å². The highest BCUT2D eigenvalue weighted by atomic mass is 35.5. The molecule has 0 radical (unpaired) electrons. The molecule has 0 aliphatic rings. The van der Waals surface area contributed by atoms with Gasteiger partial charge in [0.2, 0.25) is 0 Å². The van der Waals surface area contributed by atoms with E-state index in [1.807, 2.05) is 25.1 Å². The minimum atomic E-state index is -0.991. The predicted molar refractivity (Wildman–Crippen MR) is 91.1 cm³/mol. The molecule has 0 saturated heterocycles. The molecule has 0 fully saturated rings. The lowest BCUT2D eigenvalue weighted by molar-refractivity contribution is -0.123. The second-order valence-electron chi connectivity index (χ2n) is 4.95. The number of esters is 1. The van der Waals surface area contributed by atoms with Crippen molar-refractivity contribution in [2.45, 2.75) is 20.0 Å². The second kappa shape index (κ2) is 7.49. The molecule has 6 heteroatoms. The maximum absolute atomic E-state index is 12.1. The van der Waals surface area contributed by atoms with Crippen molar-refractivity contribution in [2.24, 2.45) is 0 Å². The number of halogens is 2. The van der Waals surface area contributed by atoms with Crippen molar-refractivity contribution in [1.29, 1.82) is 0 Å². The van der Waals surface area contributed by atoms with Crippen LogP contribution in [0, 0.1) is 6.92 Å². The molecule has 23 heavy (non-hydrogen) atoms. The molecule has 0 unspecified atom stereocenters. The van der Waals surface area contributed by atoms with E-state index < -0.39 is 18.0 Å². The van der Waals surface area contributed by atoms with Gasteiger partial charge < -0.3 is 10.1 Å². The number of para-hydroxylation sites is 1. The minimum absolute atomic E-state index is 0.0476. The van der Waals surface area contributed by atoms with Crippen LogP contribution in [0.1, 0.15) is 22.8 Å². The van der Waals surface area contributed by atoms with E-state index in [0.29, 0.717) is 5.69 Å². The smallest absolute Gasteiger partial charge is 0.341 e. The summed E-state index contributed by atoms with van der Waals surface area (Å²) in [5.74, 6) is -1.18. The summed E-state index contributed by atoms with van der Waals surface area (Å²) < 4.78 is 5.15. The summed E-state index contributed by atoms with van der Waals surface area (Å²) in [4.78, 5) is 24.3. The van der Waals surface area contributed by atoms with E-state index in [2.05, 4.69) is 5.32 Å². The Hall–Kier alpha value is -2.04. The molecule has 1 N–H and O–H groups in total. The van der Waals surface area contributed by atoms with Gasteiger partial charge in [0.1, 0.15) is 0 Å². The van der Waals surface area contributed by atoms with Crippen molar-refractivity contribution in [3.63, 3.8) is 0 Å². The summed E-state index contributed by atoms with van der Waals surface area (Å²) in [6.07, 6.45) is -0.991. The first-order valence-corrected chi connectivity index (χ1v) is 7.67. The van der Waals surface area contributed by atoms with E-state index in [0.717, 1.165) is 5.56 Å². The van der Waals surface area contributed by atoms with Gasteiger partial charge in [-0.2, -0.15) is 0 Å². The molecule has 0 aromatic heterocycles. The molecule has 4 nitrogen and oxygen atoms in total. The molecule has 1 atom stereocenters. The molecule has 0 aliphatic carbocycles. The fraction of sp³-hybridized carbons (Fsp3) is 0.176. The van der Waals surface area contributed by atoms with Crippen molar-refractivity contribution >= 4 is 40.8 Å². The first-order valence-electron chi connectivity index (χ1n) is 6.91. The van der Waals surface area contributed by atoms with E-state index in [-0.39, 0.29) is 15.6 Å². The number of hydrogen-bond acceptors (Lipinski definition) is 3. The fourth-order valence-electron chi connectivity index (χ4n) is 1.91. The summed E-state index contributed by atoms with van der Waals surface area (Å²) in [5.41, 5.74) is 1.62. The fourth-order valence-corrected chi connectivity index (χ4v) is 2.47. The molecule has 2 aromatic rings. The monoisotopic (exact) mass is 351 g/mol. The Morgan fingerprint density at radius 3 is 2.26 bits per heavy atom. The number of anilines is 1. The number of amides is 1. The van der Waals surface area contributed by atoms with Gasteiger partial charge in [0.15, 0.2) is 6.10 Å². The number of rotatable bonds is 4. The largest absolute Gasteiger partial charge is 0.449 e. The van der Waals surface area contributed by atoms with Crippen molar-refractivity contribution < 1.29 is 14.3 Å². The van der Waals surface area contributed by atoms with Gasteiger partial charge >= 0.3 is 5.97 Å². The molecule has 0 saturated carbocycles. The van der Waals surface area contributed by atoms with Crippen LogP contribution in [0.25, 0.3) is 0 Å². The van der Waals surface area contributed by atoms with Gasteiger partial charge in [0, 0.05) is 5.69 Å². The van der Waals surface area contributed by atoms with E-state index in [1.165, 1.54) is 19.1 Å². The predicted octanol–water partition coefficient (Wildman–Crippen LogP) is 4.49. The standard InChI is InChI=1S/C17H15Cl2NO3/c1-10-6-3-4-9-14(10)20-16(21)11(2)23-17(22)15-12(18)7-5-8-13(15)19/h3-9,11H,1-2H3,(H,20,21)/t11-/m0/s1. The van der Waals surface area contributed by atoms with E-state index in [1.54, 1.807) is 12.1 Å². The van der Waals surface area contributed by atoms with E-state index in [4.69, 9.17) is 27.9 Å². The number of nitrogens with one attached hydrogen (secondary N) is 1. The maximum atomic E-state index is 12.1. The third kappa shape index (κ3) is 4.24. The van der Waals surface area contributed by atoms with Crippen LogP contribution in [0.3, 0.4) is 0 Å². The number of aryl methyl sites for hydroxylation is 1. The van der Waals surface area contributed by atoms with E-state index >= 15 is 0 Å². The summed E-state index contributed by atoms with van der Waals surface area (Å²) in [6, 6.07) is 12.0. The average Bonchev–Trinajstić information content (AvgIpc) is 2.49. The zero-order chi connectivity index (χ0) is 17.0. The molecule has 1 amide bonds. The zero-order valence-electron chi connectivity index (χ0n) is 12.6. The molecular weight excluding hydrogens is 337 g/mol. The molecule has 0 heterocycles. The molecule has 0 spiro atoms. The van der Waals surface area contributed by atoms with Gasteiger partial charge in [0.25, 0.3) is 5.91 Å². The van der Waals surface area contributed by atoms with Crippen molar-refractivity contribution in [2.75, 3.05) is 5.32 Å². The lowest BCUT2D eigenvalue weighted by Crippen LogP contribution is -2.30. The van der Waals surface area contributed by atoms with Crippen molar-refractivity contribution in [3.05, 3.63) is 63.6 Å². The summed E-state index contributed by atoms with van der Waals surface area (Å²) in [5, 5.41) is 3.06. The molecule has 120 valence electrons. The Morgan fingerprint density at radius 1 is 1.04 bits per heavy atom. The van der Waals surface area contributed by atoms with E-state index in [9.17, 15) is 9.59 Å². The lowest BCUT2D eigenvalue weighted by Gasteiger charge is -2.15. The SMILES string of the molecule is Cc1ccccc1NC(=O)[C@H](C)OC(=O)c1c(Cl)cccc1Cl. The van der Waals surface area contributed by atoms with Gasteiger partial charge in [-0.25, -0.2) is 4.79 Å². The van der Waals surface area contributed by atoms with Crippen LogP contribution >= 0.6 is 23.2 Å². The van der Waals surface area contributed by atoms with Crippen LogP contribution in [0.15, 0.2) is 42.5 Å². The molecule has 2 aromatic carbocycles. The highest BCUT2D eigenvalue weighted by Crippen LogP contribution is 2.25. The number of carbonyl (C=O) groups is 2. The average molecular weight is 352 g/mol. The normalized spacial score (nSPS) is 11.7. The van der Waals surface area contributed by atoms with Crippen LogP contribution in [0.2, 0.25) is 10.0 Å². The van der Waals surface area contributed by atoms with Crippen LogP contribution in [-0.2, 0) is 9.53 Å². The molecular formula is C17H15Cl2NO3. The molecule has 0 bridgehead atoms. The quantitative estimate of drug-likeness (QED) is 0.825. The minimum Gasteiger partial charge on any atom is -0.449 e. The highest BCUT2D eigenvalue weighted by molar-refractivity contribution is 6.39. The Labute approximate surface area is 144 Å². The Balaban J connectivity index is 2.06. The first-order chi connectivity index (χ1) is 10.9. The van der Waals surface area contributed by atoms with Crippen LogP contribution in [-0.4, -0.2) is 18.0 Å². The van der Waals surface area contributed by atoms with Gasteiger partial charge in [0.05, 0.1) is 15.6 Å². The number of benzene rings is 2. The summed E-state index contributed by atoms with van der Waals surface area (Å²) in [6.45, 7) is 3.35. The van der Waals surface area contributed by atoms with Crippen molar-refractivity contribution in [3.8, 4) is 0 Å². The Morgan fingerprint density at radius 2 is 1.65 bits per heavy atom. The Bertz CT molecular complexity index is 726. The van der Waals surface area contributed by atoms with Crippen LogP contribution in [0.4, 0.5) is 5.69 Å². The Kier molecular flexibility index (Phi) is 5.64. The van der Waals surface area contributed by atoms with Crippen molar-refractivity contribution in [1.82, 2.24) is 0 Å². The summed E-state index contributed by atoms with van der Waals surface area (Å²) in [7, 11) is 0. The zero-order valence-corrected chi connectivity index (χ0v) is 14.1. The maximum Gasteiger partial charge on any atom is 0.341 e. The summed E-state index contributed by atoms with van der Waals surface area (Å²) >= 11 is 11.9. The van der Waals surface area contributed by atoms with Crippen LogP contribution in [0.5, 0.6) is 0 Å². The number of ether oxygens (including phenoxy) is 1.